The number of rotatable bonds is 2. The van der Waals surface area contributed by atoms with Crippen LogP contribution in [0, 0.1) is 13.8 Å². The first-order valence-corrected chi connectivity index (χ1v) is 5.53. The Morgan fingerprint density at radius 1 is 1.33 bits per heavy atom. The molecule has 0 saturated carbocycles. The van der Waals surface area contributed by atoms with Crippen LogP contribution in [0.2, 0.25) is 0 Å². The van der Waals surface area contributed by atoms with E-state index >= 15 is 0 Å². The van der Waals surface area contributed by atoms with Crippen LogP contribution in [0.25, 0.3) is 16.9 Å². The fourth-order valence-electron chi connectivity index (χ4n) is 1.86. The van der Waals surface area contributed by atoms with Crippen LogP contribution in [0.3, 0.4) is 0 Å². The maximum absolute atomic E-state index is 9.18. The van der Waals surface area contributed by atoms with E-state index in [2.05, 4.69) is 25.3 Å². The minimum atomic E-state index is -0.0859. The monoisotopic (exact) mass is 244 g/mol. The average Bonchev–Trinajstić information content (AvgIpc) is 2.93. The average molecular weight is 244 g/mol. The maximum atomic E-state index is 9.18. The summed E-state index contributed by atoms with van der Waals surface area (Å²) < 4.78 is 1.65. The number of nitrogens with one attached hydrogen (secondary N) is 1. The van der Waals surface area contributed by atoms with Gasteiger partial charge in [-0.1, -0.05) is 0 Å². The molecule has 3 rings (SSSR count). The first-order chi connectivity index (χ1) is 8.69. The molecule has 2 N–H and O–H groups in total. The van der Waals surface area contributed by atoms with Crippen molar-refractivity contribution in [3.8, 4) is 5.82 Å². The summed E-state index contributed by atoms with van der Waals surface area (Å²) in [6, 6.07) is 0. The summed E-state index contributed by atoms with van der Waals surface area (Å²) in [5.74, 6) is 1.30. The first-order valence-electron chi connectivity index (χ1n) is 5.53. The van der Waals surface area contributed by atoms with Crippen LogP contribution in [-0.2, 0) is 6.61 Å². The fraction of sp³-hybridized carbons (Fsp3) is 0.273. The molecular weight excluding hydrogens is 232 g/mol. The van der Waals surface area contributed by atoms with Crippen molar-refractivity contribution >= 4 is 11.0 Å². The third kappa shape index (κ3) is 1.56. The van der Waals surface area contributed by atoms with Gasteiger partial charge in [0, 0.05) is 6.20 Å². The number of hydrogen-bond donors (Lipinski definition) is 2. The van der Waals surface area contributed by atoms with E-state index in [1.165, 1.54) is 0 Å². The lowest BCUT2D eigenvalue weighted by molar-refractivity contribution is 0.275. The highest BCUT2D eigenvalue weighted by Gasteiger charge is 2.12. The van der Waals surface area contributed by atoms with Crippen LogP contribution in [0.5, 0.6) is 0 Å². The smallest absolute Gasteiger partial charge is 0.168 e. The van der Waals surface area contributed by atoms with Gasteiger partial charge in [0.25, 0.3) is 0 Å². The Labute approximate surface area is 103 Å². The van der Waals surface area contributed by atoms with Gasteiger partial charge in [-0.25, -0.2) is 14.6 Å². The molecule has 3 aromatic rings. The van der Waals surface area contributed by atoms with E-state index in [1.54, 1.807) is 10.9 Å². The lowest BCUT2D eigenvalue weighted by Gasteiger charge is -2.02. The molecule has 0 fully saturated rings. The molecule has 3 aromatic heterocycles. The predicted octanol–water partition coefficient (Wildman–Crippen LogP) is 0.648. The third-order valence-corrected chi connectivity index (χ3v) is 2.77. The summed E-state index contributed by atoms with van der Waals surface area (Å²) in [5, 5.41) is 21.1. The molecule has 0 saturated heterocycles. The standard InChI is InChI=1S/C11H12N6O/c1-6-4-17(16-9(6)5-18)11-8-3-12-15-10(8)13-7(2)14-11/h3-4,18H,5H2,1-2H3,(H,12,13,14,15). The van der Waals surface area contributed by atoms with Gasteiger partial charge in [-0.05, 0) is 19.4 Å². The van der Waals surface area contributed by atoms with Gasteiger partial charge in [0.2, 0.25) is 0 Å². The second-order valence-corrected chi connectivity index (χ2v) is 4.09. The summed E-state index contributed by atoms with van der Waals surface area (Å²) >= 11 is 0. The fourth-order valence-corrected chi connectivity index (χ4v) is 1.86. The number of fused-ring (bicyclic) bond motifs is 1. The number of hydrogen-bond acceptors (Lipinski definition) is 5. The molecule has 7 heteroatoms. The van der Waals surface area contributed by atoms with Crippen LogP contribution in [0.4, 0.5) is 0 Å². The lowest BCUT2D eigenvalue weighted by Crippen LogP contribution is -2.02. The molecule has 7 nitrogen and oxygen atoms in total. The Kier molecular flexibility index (Phi) is 2.34. The van der Waals surface area contributed by atoms with E-state index in [4.69, 9.17) is 0 Å². The molecule has 92 valence electrons. The van der Waals surface area contributed by atoms with Crippen molar-refractivity contribution < 1.29 is 5.11 Å². The van der Waals surface area contributed by atoms with Gasteiger partial charge >= 0.3 is 0 Å². The molecule has 0 bridgehead atoms. The van der Waals surface area contributed by atoms with Crippen LogP contribution in [-0.4, -0.2) is 35.1 Å². The van der Waals surface area contributed by atoms with Gasteiger partial charge in [0.05, 0.1) is 23.9 Å². The molecule has 0 aliphatic heterocycles. The molecule has 0 aliphatic carbocycles. The van der Waals surface area contributed by atoms with E-state index in [0.717, 1.165) is 10.9 Å². The number of aliphatic hydroxyl groups is 1. The van der Waals surface area contributed by atoms with Crippen molar-refractivity contribution in [1.29, 1.82) is 0 Å². The first kappa shape index (κ1) is 10.8. The number of nitrogens with zero attached hydrogens (tertiary/aromatic N) is 5. The van der Waals surface area contributed by atoms with Gasteiger partial charge in [-0.2, -0.15) is 10.2 Å². The molecule has 0 amide bonds. The summed E-state index contributed by atoms with van der Waals surface area (Å²) in [7, 11) is 0. The molecule has 18 heavy (non-hydrogen) atoms. The summed E-state index contributed by atoms with van der Waals surface area (Å²) in [6.45, 7) is 3.63. The minimum Gasteiger partial charge on any atom is -0.390 e. The normalized spacial score (nSPS) is 11.3. The van der Waals surface area contributed by atoms with Crippen LogP contribution < -0.4 is 0 Å². The highest BCUT2D eigenvalue weighted by Crippen LogP contribution is 2.18. The Hall–Kier alpha value is -2.28. The predicted molar refractivity (Wildman–Crippen MR) is 64.2 cm³/mol. The molecule has 0 radical (unpaired) electrons. The Morgan fingerprint density at radius 3 is 2.89 bits per heavy atom. The van der Waals surface area contributed by atoms with E-state index in [1.807, 2.05) is 20.0 Å². The quantitative estimate of drug-likeness (QED) is 0.690. The van der Waals surface area contributed by atoms with Crippen molar-refractivity contribution in [3.05, 3.63) is 29.5 Å². The topological polar surface area (TPSA) is 92.5 Å². The van der Waals surface area contributed by atoms with Crippen molar-refractivity contribution in [1.82, 2.24) is 29.9 Å². The van der Waals surface area contributed by atoms with Gasteiger partial charge in [-0.15, -0.1) is 0 Å². The van der Waals surface area contributed by atoms with Gasteiger partial charge in [0.1, 0.15) is 5.82 Å². The molecule has 0 aliphatic rings. The van der Waals surface area contributed by atoms with E-state index in [9.17, 15) is 5.11 Å². The molecule has 0 aromatic carbocycles. The molecule has 0 unspecified atom stereocenters. The second-order valence-electron chi connectivity index (χ2n) is 4.09. The van der Waals surface area contributed by atoms with Crippen molar-refractivity contribution in [2.45, 2.75) is 20.5 Å². The number of aromatic nitrogens is 6. The van der Waals surface area contributed by atoms with Crippen LogP contribution >= 0.6 is 0 Å². The Balaban J connectivity index is 2.26. The molecule has 3 heterocycles. The van der Waals surface area contributed by atoms with Crippen LogP contribution in [0.15, 0.2) is 12.4 Å². The van der Waals surface area contributed by atoms with E-state index < -0.39 is 0 Å². The van der Waals surface area contributed by atoms with E-state index in [-0.39, 0.29) is 6.61 Å². The zero-order chi connectivity index (χ0) is 12.7. The Bertz CT molecular complexity index is 713. The van der Waals surface area contributed by atoms with E-state index in [0.29, 0.717) is 23.0 Å². The molecular formula is C11H12N6O. The number of aliphatic hydroxyl groups excluding tert-OH is 1. The third-order valence-electron chi connectivity index (χ3n) is 2.77. The number of aromatic amines is 1. The van der Waals surface area contributed by atoms with Gasteiger partial charge < -0.3 is 5.11 Å². The SMILES string of the molecule is Cc1nc(-n2cc(C)c(CO)n2)c2cn[nH]c2n1. The Morgan fingerprint density at radius 2 is 2.17 bits per heavy atom. The molecule has 0 atom stereocenters. The zero-order valence-corrected chi connectivity index (χ0v) is 10.0. The highest BCUT2D eigenvalue weighted by atomic mass is 16.3. The lowest BCUT2D eigenvalue weighted by atomic mass is 10.3. The second kappa shape index (κ2) is 3.88. The van der Waals surface area contributed by atoms with Crippen LogP contribution in [0.1, 0.15) is 17.1 Å². The maximum Gasteiger partial charge on any atom is 0.168 e. The van der Waals surface area contributed by atoms with Gasteiger partial charge in [-0.3, -0.25) is 5.10 Å². The van der Waals surface area contributed by atoms with Crippen molar-refractivity contribution in [3.63, 3.8) is 0 Å². The summed E-state index contributed by atoms with van der Waals surface area (Å²) in [5.41, 5.74) is 2.24. The van der Waals surface area contributed by atoms with Crippen molar-refractivity contribution in [2.75, 3.05) is 0 Å². The number of H-pyrrole nitrogens is 1. The minimum absolute atomic E-state index is 0.0859. The number of aryl methyl sites for hydroxylation is 2. The summed E-state index contributed by atoms with van der Waals surface area (Å²) in [6.07, 6.45) is 3.50. The zero-order valence-electron chi connectivity index (χ0n) is 10.0. The molecule has 0 spiro atoms. The summed E-state index contributed by atoms with van der Waals surface area (Å²) in [4.78, 5) is 8.63. The van der Waals surface area contributed by atoms with Gasteiger partial charge in [0.15, 0.2) is 11.5 Å². The van der Waals surface area contributed by atoms with Crippen molar-refractivity contribution in [2.24, 2.45) is 0 Å². The highest BCUT2D eigenvalue weighted by molar-refractivity contribution is 5.81. The largest absolute Gasteiger partial charge is 0.390 e.